The summed E-state index contributed by atoms with van der Waals surface area (Å²) in [7, 11) is -3.96. The Kier molecular flexibility index (Phi) is 3.92. The van der Waals surface area contributed by atoms with Gasteiger partial charge in [0.15, 0.2) is 0 Å². The van der Waals surface area contributed by atoms with Gasteiger partial charge in [-0.15, -0.1) is 0 Å². The second kappa shape index (κ2) is 5.28. The molecule has 5 heteroatoms. The van der Waals surface area contributed by atoms with Crippen molar-refractivity contribution in [3.63, 3.8) is 0 Å². The van der Waals surface area contributed by atoms with Gasteiger partial charge in [-0.05, 0) is 24.5 Å². The predicted octanol–water partition coefficient (Wildman–Crippen LogP) is 2.11. The molecule has 1 unspecified atom stereocenters. The van der Waals surface area contributed by atoms with Crippen LogP contribution in [-0.4, -0.2) is 31.3 Å². The summed E-state index contributed by atoms with van der Waals surface area (Å²) in [5.41, 5.74) is 2.35. The molecule has 0 spiro atoms. The number of para-hydroxylation sites is 1. The number of benzene rings is 1. The molecule has 1 aliphatic heterocycles. The summed E-state index contributed by atoms with van der Waals surface area (Å²) in [5.74, 6) is 0. The van der Waals surface area contributed by atoms with Gasteiger partial charge in [0.25, 0.3) is 10.1 Å². The fourth-order valence-corrected chi connectivity index (χ4v) is 3.40. The van der Waals surface area contributed by atoms with Crippen LogP contribution in [0.1, 0.15) is 25.3 Å². The van der Waals surface area contributed by atoms with Crippen LogP contribution in [0, 0.1) is 0 Å². The Bertz CT molecular complexity index is 513. The van der Waals surface area contributed by atoms with E-state index in [0.29, 0.717) is 13.0 Å². The standard InChI is InChI=1S/C13H19NO3S/c1-2-5-12(18(15,16)17)10-14-9-8-11-6-3-4-7-13(11)14/h3-4,6-7,12H,2,5,8-10H2,1H3,(H,15,16,17). The lowest BCUT2D eigenvalue weighted by molar-refractivity contribution is 0.459. The van der Waals surface area contributed by atoms with Crippen LogP contribution >= 0.6 is 0 Å². The number of nitrogens with zero attached hydrogens (tertiary/aromatic N) is 1. The molecule has 0 amide bonds. The van der Waals surface area contributed by atoms with Crippen LogP contribution in [0.4, 0.5) is 5.69 Å². The maximum absolute atomic E-state index is 11.3. The van der Waals surface area contributed by atoms with Gasteiger partial charge < -0.3 is 4.90 Å². The zero-order chi connectivity index (χ0) is 13.2. The molecule has 0 saturated carbocycles. The van der Waals surface area contributed by atoms with Crippen LogP contribution in [0.5, 0.6) is 0 Å². The maximum atomic E-state index is 11.3. The first kappa shape index (κ1) is 13.4. The van der Waals surface area contributed by atoms with E-state index in [4.69, 9.17) is 0 Å². The molecule has 0 aliphatic carbocycles. The lowest BCUT2D eigenvalue weighted by Crippen LogP contribution is -2.36. The van der Waals surface area contributed by atoms with Gasteiger partial charge in [-0.1, -0.05) is 31.5 Å². The van der Waals surface area contributed by atoms with E-state index in [0.717, 1.165) is 25.1 Å². The Morgan fingerprint density at radius 1 is 1.39 bits per heavy atom. The summed E-state index contributed by atoms with van der Waals surface area (Å²) >= 11 is 0. The van der Waals surface area contributed by atoms with Crippen LogP contribution in [-0.2, 0) is 16.5 Å². The topological polar surface area (TPSA) is 57.6 Å². The molecule has 1 aromatic rings. The molecule has 1 aromatic carbocycles. The Morgan fingerprint density at radius 3 is 2.78 bits per heavy atom. The van der Waals surface area contributed by atoms with E-state index in [-0.39, 0.29) is 0 Å². The third-order valence-corrected chi connectivity index (χ3v) is 4.67. The lowest BCUT2D eigenvalue weighted by atomic mass is 10.2. The number of rotatable bonds is 5. The molecule has 1 atom stereocenters. The van der Waals surface area contributed by atoms with E-state index in [1.165, 1.54) is 5.56 Å². The number of hydrogen-bond donors (Lipinski definition) is 1. The van der Waals surface area contributed by atoms with Crippen molar-refractivity contribution in [1.29, 1.82) is 0 Å². The molecule has 2 rings (SSSR count). The van der Waals surface area contributed by atoms with Gasteiger partial charge in [0.2, 0.25) is 0 Å². The molecule has 4 nitrogen and oxygen atoms in total. The minimum Gasteiger partial charge on any atom is -0.370 e. The van der Waals surface area contributed by atoms with Crippen molar-refractivity contribution >= 4 is 15.8 Å². The molecule has 0 fully saturated rings. The smallest absolute Gasteiger partial charge is 0.269 e. The van der Waals surface area contributed by atoms with Crippen molar-refractivity contribution in [1.82, 2.24) is 0 Å². The molecule has 1 heterocycles. The van der Waals surface area contributed by atoms with Gasteiger partial charge in [-0.25, -0.2) is 0 Å². The predicted molar refractivity (Wildman–Crippen MR) is 72.6 cm³/mol. The second-order valence-electron chi connectivity index (χ2n) is 4.75. The highest BCUT2D eigenvalue weighted by Gasteiger charge is 2.28. The number of hydrogen-bond acceptors (Lipinski definition) is 3. The Hall–Kier alpha value is -1.07. The first-order valence-electron chi connectivity index (χ1n) is 6.31. The summed E-state index contributed by atoms with van der Waals surface area (Å²) in [5, 5.41) is -0.686. The van der Waals surface area contributed by atoms with Crippen LogP contribution in [0.3, 0.4) is 0 Å². The van der Waals surface area contributed by atoms with Crippen molar-refractivity contribution in [2.45, 2.75) is 31.4 Å². The number of fused-ring (bicyclic) bond motifs is 1. The minimum absolute atomic E-state index is 0.379. The molecule has 1 aliphatic rings. The van der Waals surface area contributed by atoms with Crippen molar-refractivity contribution in [2.75, 3.05) is 18.0 Å². The molecule has 100 valence electrons. The zero-order valence-electron chi connectivity index (χ0n) is 10.5. The maximum Gasteiger partial charge on any atom is 0.269 e. The SMILES string of the molecule is CCCC(CN1CCc2ccccc21)S(=O)(=O)O. The van der Waals surface area contributed by atoms with Crippen LogP contribution < -0.4 is 4.90 Å². The monoisotopic (exact) mass is 269 g/mol. The summed E-state index contributed by atoms with van der Waals surface area (Å²) < 4.78 is 32.0. The van der Waals surface area contributed by atoms with Gasteiger partial charge in [-0.3, -0.25) is 4.55 Å². The summed E-state index contributed by atoms with van der Waals surface area (Å²) in [4.78, 5) is 2.06. The van der Waals surface area contributed by atoms with Gasteiger partial charge in [0.1, 0.15) is 5.25 Å². The molecule has 0 saturated heterocycles. The highest BCUT2D eigenvalue weighted by atomic mass is 32.2. The van der Waals surface area contributed by atoms with Crippen molar-refractivity contribution < 1.29 is 13.0 Å². The largest absolute Gasteiger partial charge is 0.370 e. The summed E-state index contributed by atoms with van der Waals surface area (Å²) in [6, 6.07) is 8.03. The first-order chi connectivity index (χ1) is 8.52. The molecular formula is C13H19NO3S. The van der Waals surface area contributed by atoms with Gasteiger partial charge in [0, 0.05) is 18.8 Å². The van der Waals surface area contributed by atoms with E-state index in [1.54, 1.807) is 0 Å². The minimum atomic E-state index is -3.96. The van der Waals surface area contributed by atoms with Crippen molar-refractivity contribution in [3.05, 3.63) is 29.8 Å². The molecule has 0 bridgehead atoms. The van der Waals surface area contributed by atoms with Crippen LogP contribution in [0.15, 0.2) is 24.3 Å². The Labute approximate surface area is 108 Å². The number of anilines is 1. The van der Waals surface area contributed by atoms with Gasteiger partial charge >= 0.3 is 0 Å². The quantitative estimate of drug-likeness (QED) is 0.832. The van der Waals surface area contributed by atoms with Crippen LogP contribution in [0.2, 0.25) is 0 Å². The Balaban J connectivity index is 2.15. The molecule has 1 N–H and O–H groups in total. The van der Waals surface area contributed by atoms with E-state index >= 15 is 0 Å². The highest BCUT2D eigenvalue weighted by Crippen LogP contribution is 2.28. The summed E-state index contributed by atoms with van der Waals surface area (Å²) in [6.45, 7) is 3.13. The van der Waals surface area contributed by atoms with E-state index in [1.807, 2.05) is 25.1 Å². The highest BCUT2D eigenvalue weighted by molar-refractivity contribution is 7.86. The van der Waals surface area contributed by atoms with Gasteiger partial charge in [0.05, 0.1) is 0 Å². The van der Waals surface area contributed by atoms with Gasteiger partial charge in [-0.2, -0.15) is 8.42 Å². The third kappa shape index (κ3) is 2.84. The van der Waals surface area contributed by atoms with Crippen molar-refractivity contribution in [2.24, 2.45) is 0 Å². The van der Waals surface area contributed by atoms with E-state index < -0.39 is 15.4 Å². The third-order valence-electron chi connectivity index (χ3n) is 3.44. The Morgan fingerprint density at radius 2 is 2.11 bits per heavy atom. The first-order valence-corrected chi connectivity index (χ1v) is 7.82. The average Bonchev–Trinajstić information content (AvgIpc) is 2.71. The second-order valence-corrected chi connectivity index (χ2v) is 6.45. The fraction of sp³-hybridized carbons (Fsp3) is 0.538. The normalized spacial score (nSPS) is 16.7. The van der Waals surface area contributed by atoms with Crippen LogP contribution in [0.25, 0.3) is 0 Å². The van der Waals surface area contributed by atoms with Crippen molar-refractivity contribution in [3.8, 4) is 0 Å². The molecule has 0 radical (unpaired) electrons. The lowest BCUT2D eigenvalue weighted by Gasteiger charge is -2.24. The molecular weight excluding hydrogens is 250 g/mol. The van der Waals surface area contributed by atoms with E-state index in [9.17, 15) is 13.0 Å². The zero-order valence-corrected chi connectivity index (χ0v) is 11.4. The molecule has 0 aromatic heterocycles. The van der Waals surface area contributed by atoms with E-state index in [2.05, 4.69) is 11.0 Å². The summed E-state index contributed by atoms with van der Waals surface area (Å²) in [6.07, 6.45) is 2.19. The average molecular weight is 269 g/mol. The fourth-order valence-electron chi connectivity index (χ4n) is 2.50. The molecule has 18 heavy (non-hydrogen) atoms.